The number of para-hydroxylation sites is 1. The molecule has 2 aromatic heterocycles. The van der Waals surface area contributed by atoms with Gasteiger partial charge in [0.15, 0.2) is 0 Å². The summed E-state index contributed by atoms with van der Waals surface area (Å²) in [5.74, 6) is -0.307. The number of furan rings is 1. The number of thioether (sulfide) groups is 1. The molecule has 0 unspecified atom stereocenters. The van der Waals surface area contributed by atoms with Crippen molar-refractivity contribution in [2.45, 2.75) is 26.9 Å². The maximum absolute atomic E-state index is 12.8. The number of fused-ring (bicyclic) bond motifs is 1. The molecular formula is C30H27N3O5S. The molecule has 198 valence electrons. The van der Waals surface area contributed by atoms with Gasteiger partial charge in [0, 0.05) is 22.7 Å². The average molecular weight is 542 g/mol. The van der Waals surface area contributed by atoms with Gasteiger partial charge in [0.25, 0.3) is 0 Å². The van der Waals surface area contributed by atoms with Crippen molar-refractivity contribution in [3.8, 4) is 0 Å². The van der Waals surface area contributed by atoms with Crippen molar-refractivity contribution in [1.82, 2.24) is 9.88 Å². The number of amides is 1. The van der Waals surface area contributed by atoms with Crippen LogP contribution in [0.5, 0.6) is 0 Å². The summed E-state index contributed by atoms with van der Waals surface area (Å²) in [7, 11) is 0. The van der Waals surface area contributed by atoms with Crippen molar-refractivity contribution >= 4 is 51.3 Å². The van der Waals surface area contributed by atoms with Crippen LogP contribution in [0.25, 0.3) is 17.0 Å². The number of aliphatic hydroxyl groups is 1. The summed E-state index contributed by atoms with van der Waals surface area (Å²) in [6, 6.07) is 18.9. The number of aryl methyl sites for hydroxylation is 1. The first-order chi connectivity index (χ1) is 18.9. The van der Waals surface area contributed by atoms with Gasteiger partial charge in [-0.2, -0.15) is 0 Å². The average Bonchev–Trinajstić information content (AvgIpc) is 3.64. The minimum Gasteiger partial charge on any atom is -0.506 e. The number of rotatable bonds is 8. The predicted octanol–water partition coefficient (Wildman–Crippen LogP) is 6.05. The van der Waals surface area contributed by atoms with Crippen LogP contribution in [0.1, 0.15) is 23.8 Å². The first kappa shape index (κ1) is 26.1. The highest BCUT2D eigenvalue weighted by atomic mass is 32.2. The monoisotopic (exact) mass is 541 g/mol. The van der Waals surface area contributed by atoms with Crippen LogP contribution in [0, 0.1) is 6.92 Å². The zero-order valence-corrected chi connectivity index (χ0v) is 22.3. The summed E-state index contributed by atoms with van der Waals surface area (Å²) in [5.41, 5.74) is 3.45. The van der Waals surface area contributed by atoms with E-state index in [2.05, 4.69) is 10.3 Å². The number of aliphatic hydroxyl groups excluding tert-OH is 1. The number of aliphatic imine (C=N–C) groups is 1. The quantitative estimate of drug-likeness (QED) is 0.263. The lowest BCUT2D eigenvalue weighted by Crippen LogP contribution is -2.26. The van der Waals surface area contributed by atoms with Gasteiger partial charge in [-0.25, -0.2) is 9.79 Å². The molecule has 8 nitrogen and oxygen atoms in total. The number of nitrogens with one attached hydrogen (secondary N) is 1. The molecule has 0 aliphatic carbocycles. The van der Waals surface area contributed by atoms with Crippen LogP contribution >= 0.6 is 11.8 Å². The van der Waals surface area contributed by atoms with Gasteiger partial charge in [0.2, 0.25) is 5.91 Å². The number of benzene rings is 2. The van der Waals surface area contributed by atoms with E-state index in [-0.39, 0.29) is 30.4 Å². The van der Waals surface area contributed by atoms with Crippen molar-refractivity contribution in [3.05, 3.63) is 106 Å². The van der Waals surface area contributed by atoms with Gasteiger partial charge in [-0.3, -0.25) is 4.79 Å². The van der Waals surface area contributed by atoms with Crippen LogP contribution in [0.4, 0.5) is 5.69 Å². The smallest absolute Gasteiger partial charge is 0.344 e. The molecule has 0 saturated heterocycles. The van der Waals surface area contributed by atoms with Gasteiger partial charge in [-0.1, -0.05) is 47.7 Å². The van der Waals surface area contributed by atoms with Gasteiger partial charge in [0.1, 0.15) is 28.7 Å². The molecule has 2 aromatic carbocycles. The van der Waals surface area contributed by atoms with Gasteiger partial charge < -0.3 is 24.1 Å². The van der Waals surface area contributed by atoms with Crippen molar-refractivity contribution < 1.29 is 23.8 Å². The summed E-state index contributed by atoms with van der Waals surface area (Å²) in [4.78, 5) is 30.5. The first-order valence-corrected chi connectivity index (χ1v) is 13.3. The Morgan fingerprint density at radius 2 is 1.92 bits per heavy atom. The van der Waals surface area contributed by atoms with E-state index in [9.17, 15) is 14.7 Å². The Morgan fingerprint density at radius 1 is 1.13 bits per heavy atom. The summed E-state index contributed by atoms with van der Waals surface area (Å²) in [5, 5.41) is 15.2. The number of esters is 1. The van der Waals surface area contributed by atoms with Crippen LogP contribution in [0.3, 0.4) is 0 Å². The highest BCUT2D eigenvalue weighted by Gasteiger charge is 2.33. The molecule has 3 heterocycles. The van der Waals surface area contributed by atoms with Gasteiger partial charge in [0.05, 0.1) is 30.0 Å². The third kappa shape index (κ3) is 5.83. The topological polar surface area (TPSA) is 106 Å². The molecule has 1 amide bonds. The lowest BCUT2D eigenvalue weighted by atomic mass is 10.1. The van der Waals surface area contributed by atoms with Crippen LogP contribution in [0.15, 0.2) is 98.8 Å². The van der Waals surface area contributed by atoms with E-state index in [1.807, 2.05) is 66.2 Å². The predicted molar refractivity (Wildman–Crippen MR) is 153 cm³/mol. The second kappa shape index (κ2) is 11.5. The summed E-state index contributed by atoms with van der Waals surface area (Å²) in [6.07, 6.45) is 5.23. The molecule has 0 atom stereocenters. The molecule has 0 radical (unpaired) electrons. The summed E-state index contributed by atoms with van der Waals surface area (Å²) in [6.45, 7) is 4.28. The zero-order valence-electron chi connectivity index (χ0n) is 21.5. The minimum atomic E-state index is -0.632. The first-order valence-electron chi connectivity index (χ1n) is 12.5. The third-order valence-electron chi connectivity index (χ3n) is 6.09. The Labute approximate surface area is 229 Å². The molecule has 1 aliphatic heterocycles. The number of aromatic nitrogens is 1. The van der Waals surface area contributed by atoms with Crippen LogP contribution in [-0.2, 0) is 27.4 Å². The largest absolute Gasteiger partial charge is 0.506 e. The molecule has 39 heavy (non-hydrogen) atoms. The van der Waals surface area contributed by atoms with Crippen molar-refractivity contribution in [3.63, 3.8) is 0 Å². The fourth-order valence-electron chi connectivity index (χ4n) is 4.20. The molecule has 5 rings (SSSR count). The van der Waals surface area contributed by atoms with E-state index in [0.717, 1.165) is 22.0 Å². The highest BCUT2D eigenvalue weighted by Crippen LogP contribution is 2.41. The minimum absolute atomic E-state index is 0.0368. The molecule has 2 N–H and O–H groups in total. The molecule has 4 aromatic rings. The normalized spacial score (nSPS) is 15.4. The fourth-order valence-corrected chi connectivity index (χ4v) is 5.23. The number of ether oxygens (including phenoxy) is 1. The highest BCUT2D eigenvalue weighted by molar-refractivity contribution is 8.18. The van der Waals surface area contributed by atoms with Gasteiger partial charge in [-0.05, 0) is 50.3 Å². The molecule has 0 bridgehead atoms. The Bertz CT molecular complexity index is 1610. The number of nitrogens with zero attached hydrogens (tertiary/aromatic N) is 2. The van der Waals surface area contributed by atoms with Crippen molar-refractivity contribution in [1.29, 1.82) is 0 Å². The SMILES string of the molecule is CCOC(=O)C1=C(O)/C(=C/c2cn(CC(=O)NCc3ccco3)c3ccccc23)SC1=Nc1ccc(C)cc1. The van der Waals surface area contributed by atoms with Gasteiger partial charge >= 0.3 is 5.97 Å². The number of carbonyl (C=O) groups is 2. The lowest BCUT2D eigenvalue weighted by molar-refractivity contribution is -0.138. The Hall–Kier alpha value is -4.50. The van der Waals surface area contributed by atoms with E-state index < -0.39 is 5.97 Å². The Balaban J connectivity index is 1.47. The van der Waals surface area contributed by atoms with Gasteiger partial charge in [-0.15, -0.1) is 0 Å². The second-order valence-electron chi connectivity index (χ2n) is 8.89. The third-order valence-corrected chi connectivity index (χ3v) is 7.11. The van der Waals surface area contributed by atoms with Crippen LogP contribution in [-0.4, -0.2) is 33.2 Å². The van der Waals surface area contributed by atoms with E-state index >= 15 is 0 Å². The Morgan fingerprint density at radius 3 is 2.67 bits per heavy atom. The molecule has 0 saturated carbocycles. The van der Waals surface area contributed by atoms with E-state index in [1.54, 1.807) is 31.4 Å². The van der Waals surface area contributed by atoms with Crippen molar-refractivity contribution in [2.24, 2.45) is 4.99 Å². The summed E-state index contributed by atoms with van der Waals surface area (Å²) < 4.78 is 12.4. The maximum atomic E-state index is 12.8. The van der Waals surface area contributed by atoms with Crippen molar-refractivity contribution in [2.75, 3.05) is 6.61 Å². The van der Waals surface area contributed by atoms with Crippen LogP contribution in [0.2, 0.25) is 0 Å². The molecule has 0 spiro atoms. The van der Waals surface area contributed by atoms with E-state index in [1.165, 1.54) is 11.8 Å². The number of hydrogen-bond donors (Lipinski definition) is 2. The lowest BCUT2D eigenvalue weighted by Gasteiger charge is -2.06. The molecular weight excluding hydrogens is 514 g/mol. The second-order valence-corrected chi connectivity index (χ2v) is 9.92. The van der Waals surface area contributed by atoms with E-state index in [0.29, 0.717) is 27.9 Å². The number of carbonyl (C=O) groups excluding carboxylic acids is 2. The maximum Gasteiger partial charge on any atom is 0.344 e. The Kier molecular flexibility index (Phi) is 7.69. The molecule has 9 heteroatoms. The number of hydrogen-bond acceptors (Lipinski definition) is 7. The van der Waals surface area contributed by atoms with E-state index in [4.69, 9.17) is 9.15 Å². The zero-order chi connectivity index (χ0) is 27.4. The standard InChI is InChI=1S/C30H27N3O5S/c1-3-37-30(36)27-28(35)25(39-29(27)32-21-12-10-19(2)11-13-21)15-20-17-33(24-9-5-4-8-23(20)24)18-26(34)31-16-22-7-6-14-38-22/h4-15,17,35H,3,16,18H2,1-2H3,(H,31,34)/b25-15-,32-29?. The molecule has 1 aliphatic rings. The molecule has 0 fully saturated rings. The summed E-state index contributed by atoms with van der Waals surface area (Å²) >= 11 is 1.20. The fraction of sp³-hybridized carbons (Fsp3) is 0.167. The van der Waals surface area contributed by atoms with Crippen LogP contribution < -0.4 is 5.32 Å².